The molecule has 7 aliphatic rings. The molecule has 21 heteroatoms. The van der Waals surface area contributed by atoms with Crippen molar-refractivity contribution in [1.82, 2.24) is 0 Å². The average Bonchev–Trinajstić information content (AvgIpc) is 1.50. The van der Waals surface area contributed by atoms with Gasteiger partial charge in [0.25, 0.3) is 0 Å². The van der Waals surface area contributed by atoms with Gasteiger partial charge in [-0.3, -0.25) is 33.6 Å². The highest BCUT2D eigenvalue weighted by Crippen LogP contribution is 2.64. The average molecular weight is 1390 g/mol. The molecule has 2 heterocycles. The number of phenolic OH excluding ortho intramolecular Hbond substituents is 1. The number of allylic oxidation sites excluding steroid dienone is 2. The van der Waals surface area contributed by atoms with Crippen LogP contribution in [0.2, 0.25) is 0 Å². The van der Waals surface area contributed by atoms with Crippen LogP contribution in [0.4, 0.5) is 13.2 Å². The molecule has 0 amide bonds. The summed E-state index contributed by atoms with van der Waals surface area (Å²) < 4.78 is 102. The summed E-state index contributed by atoms with van der Waals surface area (Å²) in [4.78, 5) is 86.2. The number of aromatic hydroxyl groups is 1. The Kier molecular flexibility index (Phi) is 23.8. The molecule has 4 aromatic carbocycles. The van der Waals surface area contributed by atoms with Gasteiger partial charge in [-0.25, -0.2) is 8.42 Å². The van der Waals surface area contributed by atoms with Crippen LogP contribution in [0.1, 0.15) is 214 Å². The minimum Gasteiger partial charge on any atom is -0.748 e. The maximum Gasteiger partial charge on any atom is 0.426 e. The lowest BCUT2D eigenvalue weighted by Crippen LogP contribution is -2.61. The zero-order chi connectivity index (χ0) is 72.1. The summed E-state index contributed by atoms with van der Waals surface area (Å²) >= 11 is 0. The standard InChI is InChI=1S/C20H29F3O7S.C18H13S.C16H16O5.C15H28O2.C7H12O2/c1-4-17(2,3)15(24)30-19-8-12-5-13(9-19)7-18(6-12,11-19)16(25)29-14(20(21,22)23)10-31(26,27)28;1-2-8-14(9-3-1)19-17-12-6-4-10-15(17)16-11-5-7-13-18(16)19;1-4-16(2,3)15(20)21-12-8-7-10(18)13-9(17)5-6-11(19)14(12)13;1-7-14(5,6)12(16)17-15(13(2,3)4)10-8-9-11-15;1-3-7(2)4-5-9-6(7)8/h12-14H,4-11H2,1-3H3,(H,26,27,28);1-13H;5-8,18H,4H2,1-3H3;7-11H2,1-6H3;3-5H2,1-2H3/q;+1;;;/p-1. The van der Waals surface area contributed by atoms with Crippen LogP contribution in [-0.2, 0) is 53.0 Å². The van der Waals surface area contributed by atoms with Crippen LogP contribution in [0.5, 0.6) is 11.5 Å². The number of ether oxygens (including phenoxy) is 5. The number of carbonyl (C=O) groups excluding carboxylic acids is 7. The molecule has 530 valence electrons. The number of esters is 5. The molecule has 1 aromatic heterocycles. The van der Waals surface area contributed by atoms with Crippen LogP contribution >= 0.6 is 10.5 Å². The summed E-state index contributed by atoms with van der Waals surface area (Å²) in [6.07, 6.45) is 4.62. The molecule has 4 atom stereocenters. The molecule has 5 aromatic rings. The largest absolute Gasteiger partial charge is 0.748 e. The molecular formula is C76H97F3O16S2. The molecule has 0 radical (unpaired) electrons. The van der Waals surface area contributed by atoms with E-state index in [0.29, 0.717) is 45.1 Å². The van der Waals surface area contributed by atoms with E-state index in [9.17, 15) is 64.8 Å². The number of rotatable bonds is 15. The van der Waals surface area contributed by atoms with Crippen LogP contribution in [0.15, 0.2) is 103 Å². The van der Waals surface area contributed by atoms with Crippen molar-refractivity contribution in [2.45, 2.75) is 217 Å². The molecule has 6 fully saturated rings. The second-order valence-electron chi connectivity index (χ2n) is 30.2. The monoisotopic (exact) mass is 1390 g/mol. The van der Waals surface area contributed by atoms with Gasteiger partial charge in [0.1, 0.15) is 22.7 Å². The predicted molar refractivity (Wildman–Crippen MR) is 366 cm³/mol. The second kappa shape index (κ2) is 29.8. The molecule has 97 heavy (non-hydrogen) atoms. The Bertz CT molecular complexity index is 3800. The Labute approximate surface area is 571 Å². The summed E-state index contributed by atoms with van der Waals surface area (Å²) in [5, 5.41) is 12.5. The summed E-state index contributed by atoms with van der Waals surface area (Å²) in [7, 11) is -5.21. The lowest BCUT2D eigenvalue weighted by atomic mass is 9.48. The number of cyclic esters (lactones) is 1. The smallest absolute Gasteiger partial charge is 0.426 e. The molecule has 6 aliphatic carbocycles. The quantitative estimate of drug-likeness (QED) is 0.0337. The highest BCUT2D eigenvalue weighted by atomic mass is 32.2. The first-order valence-electron chi connectivity index (χ1n) is 33.7. The summed E-state index contributed by atoms with van der Waals surface area (Å²) in [6, 6.07) is 31.0. The minimum atomic E-state index is -5.27. The zero-order valence-corrected chi connectivity index (χ0v) is 60.2. The SMILES string of the molecule is CCC(C)(C)C(=O)OC1(C(C)(C)C)CCCC1.CCC(C)(C)C(=O)OC12CC3CC(C1)CC(C(=O)OC(CS(=O)(=O)[O-])C(F)(F)F)(C3)C2.CCC(C)(C)C(=O)Oc1ccc(O)c2c1C(=O)C=CC2=O.CCC1(C)CCOC1=O.c1ccc(-[s+]2c3ccccc3c3ccccc32)cc1. The third-order valence-electron chi connectivity index (χ3n) is 21.0. The van der Waals surface area contributed by atoms with Crippen molar-refractivity contribution >= 4 is 82.2 Å². The number of benzene rings is 4. The first kappa shape index (κ1) is 77.4. The topological polar surface area (TPSA) is 243 Å². The van der Waals surface area contributed by atoms with Gasteiger partial charge < -0.3 is 33.3 Å². The first-order chi connectivity index (χ1) is 45.1. The van der Waals surface area contributed by atoms with E-state index >= 15 is 0 Å². The number of hydrogen-bond donors (Lipinski definition) is 1. The third kappa shape index (κ3) is 17.7. The number of alkyl halides is 3. The Morgan fingerprint density at radius 2 is 1.14 bits per heavy atom. The highest BCUT2D eigenvalue weighted by Gasteiger charge is 2.64. The fraction of sp³-hybridized carbons (Fsp3) is 0.566. The van der Waals surface area contributed by atoms with E-state index in [-0.39, 0.29) is 85.1 Å². The van der Waals surface area contributed by atoms with Crippen molar-refractivity contribution in [2.24, 2.45) is 44.3 Å². The molecule has 12 rings (SSSR count). The van der Waals surface area contributed by atoms with Gasteiger partial charge in [0.05, 0.1) is 60.7 Å². The first-order valence-corrected chi connectivity index (χ1v) is 36.5. The molecular weight excluding hydrogens is 1290 g/mol. The van der Waals surface area contributed by atoms with E-state index in [2.05, 4.69) is 104 Å². The van der Waals surface area contributed by atoms with Gasteiger partial charge in [-0.05, 0) is 211 Å². The van der Waals surface area contributed by atoms with Gasteiger partial charge in [-0.15, -0.1) is 0 Å². The van der Waals surface area contributed by atoms with Crippen molar-refractivity contribution in [3.63, 3.8) is 0 Å². The van der Waals surface area contributed by atoms with Gasteiger partial charge in [0.15, 0.2) is 25.9 Å². The molecule has 1 aliphatic heterocycles. The normalized spacial score (nSPS) is 22.8. The van der Waals surface area contributed by atoms with Crippen molar-refractivity contribution in [3.8, 4) is 16.4 Å². The van der Waals surface area contributed by atoms with E-state index in [1.54, 1.807) is 27.7 Å². The number of hydrogen-bond acceptors (Lipinski definition) is 16. The fourth-order valence-corrected chi connectivity index (χ4v) is 16.6. The summed E-state index contributed by atoms with van der Waals surface area (Å²) in [6.45, 7) is 27.8. The van der Waals surface area contributed by atoms with Crippen molar-refractivity contribution < 1.29 is 88.5 Å². The Hall–Kier alpha value is -6.97. The van der Waals surface area contributed by atoms with Gasteiger partial charge in [0.2, 0.25) is 6.10 Å². The number of halogens is 3. The maximum atomic E-state index is 13.3. The molecule has 1 saturated heterocycles. The second-order valence-corrected chi connectivity index (χ2v) is 33.6. The number of thiophene rings is 1. The van der Waals surface area contributed by atoms with Crippen LogP contribution < -0.4 is 4.74 Å². The van der Waals surface area contributed by atoms with Crippen LogP contribution in [0, 0.1) is 44.3 Å². The van der Waals surface area contributed by atoms with E-state index in [4.69, 9.17) is 18.9 Å². The van der Waals surface area contributed by atoms with E-state index in [1.165, 1.54) is 50.0 Å². The van der Waals surface area contributed by atoms with Gasteiger partial charge in [0, 0.05) is 33.1 Å². The van der Waals surface area contributed by atoms with Crippen LogP contribution in [0.3, 0.4) is 0 Å². The van der Waals surface area contributed by atoms with Crippen molar-refractivity contribution in [2.75, 3.05) is 12.4 Å². The molecule has 4 unspecified atom stereocenters. The Balaban J connectivity index is 0.000000178. The third-order valence-corrected chi connectivity index (χ3v) is 24.0. The van der Waals surface area contributed by atoms with Gasteiger partial charge in [-0.1, -0.05) is 90.9 Å². The molecule has 4 bridgehead atoms. The van der Waals surface area contributed by atoms with Crippen LogP contribution in [0.25, 0.3) is 25.1 Å². The van der Waals surface area contributed by atoms with E-state index in [1.807, 2.05) is 48.5 Å². The highest BCUT2D eigenvalue weighted by molar-refractivity contribution is 7.85. The van der Waals surface area contributed by atoms with E-state index < -0.39 is 79.5 Å². The van der Waals surface area contributed by atoms with Gasteiger partial charge >= 0.3 is 36.0 Å². The predicted octanol–water partition coefficient (Wildman–Crippen LogP) is 17.4. The zero-order valence-electron chi connectivity index (χ0n) is 58.6. The number of fused-ring (bicyclic) bond motifs is 4. The number of carbonyl (C=O) groups is 7. The molecule has 1 N–H and O–H groups in total. The van der Waals surface area contributed by atoms with Crippen LogP contribution in [-0.4, -0.2) is 95.3 Å². The summed E-state index contributed by atoms with van der Waals surface area (Å²) in [5.74, 6) is -5.26. The van der Waals surface area contributed by atoms with Gasteiger partial charge in [-0.2, -0.15) is 13.2 Å². The van der Waals surface area contributed by atoms with E-state index in [0.717, 1.165) is 50.7 Å². The Morgan fingerprint density at radius 1 is 0.660 bits per heavy atom. The fourth-order valence-electron chi connectivity index (χ4n) is 13.5. The maximum absolute atomic E-state index is 13.3. The lowest BCUT2D eigenvalue weighted by Gasteiger charge is -2.60. The summed E-state index contributed by atoms with van der Waals surface area (Å²) in [5.41, 5.74) is -4.59. The number of ketones is 2. The molecule has 5 saturated carbocycles. The van der Waals surface area contributed by atoms with Crippen molar-refractivity contribution in [3.05, 3.63) is 114 Å². The lowest BCUT2D eigenvalue weighted by molar-refractivity contribution is -0.239. The minimum absolute atomic E-state index is 0.00100. The van der Waals surface area contributed by atoms with Crippen molar-refractivity contribution in [1.29, 1.82) is 0 Å². The Morgan fingerprint density at radius 3 is 1.60 bits per heavy atom. The number of phenols is 1. The molecule has 16 nitrogen and oxygen atoms in total. The molecule has 0 spiro atoms.